The molecule has 2 amide bonds. The molecule has 0 unspecified atom stereocenters. The lowest BCUT2D eigenvalue weighted by Crippen LogP contribution is -2.56. The minimum Gasteiger partial charge on any atom is -0.493 e. The smallest absolute Gasteiger partial charge is 0.270 e. The molecule has 0 N–H and O–H groups in total. The third-order valence-electron chi connectivity index (χ3n) is 6.17. The molecular formula is C31H22BrIN2O4S. The number of benzene rings is 4. The first-order valence-corrected chi connectivity index (χ1v) is 14.5. The molecule has 0 atom stereocenters. The third-order valence-corrected chi connectivity index (χ3v) is 8.11. The molecule has 0 radical (unpaired) electrons. The molecule has 5 rings (SSSR count). The van der Waals surface area contributed by atoms with E-state index in [0.717, 1.165) is 13.6 Å². The van der Waals surface area contributed by atoms with Crippen LogP contribution in [0.3, 0.4) is 0 Å². The first kappa shape index (κ1) is 28.0. The zero-order valence-corrected chi connectivity index (χ0v) is 25.8. The standard InChI is InChI=1S/C31H22BrIN2O4S/c1-38-27-18-20(17-26(33)28(27)39-19-21-10-8-9-15-25(21)32)16-24-29(36)34(22-11-4-2-5-12-22)31(40)35(30(24)37)23-13-6-3-7-14-23/h2-18H,19H2,1H3. The molecule has 0 aromatic heterocycles. The number of carbonyl (C=O) groups is 2. The maximum atomic E-state index is 13.8. The third kappa shape index (κ3) is 5.67. The summed E-state index contributed by atoms with van der Waals surface area (Å²) < 4.78 is 13.5. The number of methoxy groups -OCH3 is 1. The average Bonchev–Trinajstić information content (AvgIpc) is 2.96. The number of carbonyl (C=O) groups excluding carboxylic acids is 2. The van der Waals surface area contributed by atoms with E-state index in [1.165, 1.54) is 9.80 Å². The van der Waals surface area contributed by atoms with Gasteiger partial charge in [-0.2, -0.15) is 0 Å². The van der Waals surface area contributed by atoms with Crippen molar-refractivity contribution in [2.45, 2.75) is 6.61 Å². The van der Waals surface area contributed by atoms with E-state index in [9.17, 15) is 9.59 Å². The molecule has 1 fully saturated rings. The van der Waals surface area contributed by atoms with Crippen LogP contribution < -0.4 is 19.3 Å². The molecule has 1 aliphatic rings. The summed E-state index contributed by atoms with van der Waals surface area (Å²) in [7, 11) is 1.55. The summed E-state index contributed by atoms with van der Waals surface area (Å²) in [6.45, 7) is 0.334. The van der Waals surface area contributed by atoms with Crippen molar-refractivity contribution in [3.05, 3.63) is 122 Å². The van der Waals surface area contributed by atoms with Gasteiger partial charge < -0.3 is 9.47 Å². The van der Waals surface area contributed by atoms with Gasteiger partial charge in [-0.25, -0.2) is 0 Å². The molecule has 0 spiro atoms. The zero-order chi connectivity index (χ0) is 28.2. The summed E-state index contributed by atoms with van der Waals surface area (Å²) in [6, 6.07) is 29.5. The lowest BCUT2D eigenvalue weighted by atomic mass is 10.0. The minimum absolute atomic E-state index is 0.0268. The van der Waals surface area contributed by atoms with Crippen LogP contribution >= 0.6 is 50.7 Å². The summed E-state index contributed by atoms with van der Waals surface area (Å²) >= 11 is 11.4. The highest BCUT2D eigenvalue weighted by atomic mass is 127. The van der Waals surface area contributed by atoms with E-state index in [-0.39, 0.29) is 10.7 Å². The molecule has 0 bridgehead atoms. The maximum absolute atomic E-state index is 13.8. The van der Waals surface area contributed by atoms with Gasteiger partial charge in [0.2, 0.25) is 0 Å². The fourth-order valence-corrected chi connectivity index (χ4v) is 5.79. The molecular weight excluding hydrogens is 703 g/mol. The number of rotatable bonds is 7. The van der Waals surface area contributed by atoms with E-state index in [0.29, 0.717) is 35.0 Å². The van der Waals surface area contributed by atoms with Gasteiger partial charge in [0.15, 0.2) is 16.6 Å². The Bertz CT molecular complexity index is 1570. The largest absolute Gasteiger partial charge is 0.493 e. The molecule has 40 heavy (non-hydrogen) atoms. The lowest BCUT2D eigenvalue weighted by Gasteiger charge is -2.36. The minimum atomic E-state index is -0.503. The number of hydrogen-bond donors (Lipinski definition) is 0. The monoisotopic (exact) mass is 724 g/mol. The summed E-state index contributed by atoms with van der Waals surface area (Å²) in [5.74, 6) is 0.0467. The molecule has 9 heteroatoms. The van der Waals surface area contributed by atoms with Gasteiger partial charge in [-0.3, -0.25) is 19.4 Å². The van der Waals surface area contributed by atoms with Crippen molar-refractivity contribution in [1.82, 2.24) is 0 Å². The molecule has 1 saturated heterocycles. The number of para-hydroxylation sites is 2. The Hall–Kier alpha value is -3.54. The number of thiocarbonyl (C=S) groups is 1. The fourth-order valence-electron chi connectivity index (χ4n) is 4.23. The first-order chi connectivity index (χ1) is 19.4. The van der Waals surface area contributed by atoms with Gasteiger partial charge in [-0.1, -0.05) is 70.5 Å². The van der Waals surface area contributed by atoms with E-state index < -0.39 is 11.8 Å². The van der Waals surface area contributed by atoms with Crippen molar-refractivity contribution in [3.63, 3.8) is 0 Å². The van der Waals surface area contributed by atoms with Crippen molar-refractivity contribution < 1.29 is 19.1 Å². The van der Waals surface area contributed by atoms with Crippen molar-refractivity contribution in [3.8, 4) is 11.5 Å². The van der Waals surface area contributed by atoms with Crippen LogP contribution in [-0.4, -0.2) is 24.0 Å². The highest BCUT2D eigenvalue weighted by Gasteiger charge is 2.41. The first-order valence-electron chi connectivity index (χ1n) is 12.2. The Morgan fingerprint density at radius 1 is 0.850 bits per heavy atom. The fraction of sp³-hybridized carbons (Fsp3) is 0.0645. The zero-order valence-electron chi connectivity index (χ0n) is 21.2. The van der Waals surface area contributed by atoms with Crippen LogP contribution in [0.2, 0.25) is 0 Å². The number of amides is 2. The van der Waals surface area contributed by atoms with Crippen LogP contribution in [0.1, 0.15) is 11.1 Å². The van der Waals surface area contributed by atoms with Gasteiger partial charge in [0.25, 0.3) is 11.8 Å². The van der Waals surface area contributed by atoms with E-state index in [4.69, 9.17) is 21.7 Å². The van der Waals surface area contributed by atoms with E-state index >= 15 is 0 Å². The molecule has 200 valence electrons. The number of ether oxygens (including phenoxy) is 2. The Morgan fingerprint density at radius 3 is 1.95 bits per heavy atom. The summed E-state index contributed by atoms with van der Waals surface area (Å²) in [5.41, 5.74) is 2.71. The van der Waals surface area contributed by atoms with Gasteiger partial charge in [0.05, 0.1) is 22.1 Å². The van der Waals surface area contributed by atoms with Crippen LogP contribution in [0.4, 0.5) is 11.4 Å². The quantitative estimate of drug-likeness (QED) is 0.0862. The predicted octanol–water partition coefficient (Wildman–Crippen LogP) is 7.39. The van der Waals surface area contributed by atoms with E-state index in [2.05, 4.69) is 38.5 Å². The second-order valence-electron chi connectivity index (χ2n) is 8.71. The van der Waals surface area contributed by atoms with Gasteiger partial charge in [-0.05, 0) is 88.9 Å². The molecule has 6 nitrogen and oxygen atoms in total. The molecule has 1 heterocycles. The Balaban J connectivity index is 1.55. The van der Waals surface area contributed by atoms with Crippen molar-refractivity contribution in [1.29, 1.82) is 0 Å². The van der Waals surface area contributed by atoms with Crippen molar-refractivity contribution in [2.24, 2.45) is 0 Å². The predicted molar refractivity (Wildman–Crippen MR) is 173 cm³/mol. The second-order valence-corrected chi connectivity index (χ2v) is 11.1. The molecule has 1 aliphatic heterocycles. The molecule has 4 aromatic carbocycles. The van der Waals surface area contributed by atoms with Crippen LogP contribution in [0.15, 0.2) is 107 Å². The SMILES string of the molecule is COc1cc(C=C2C(=O)N(c3ccccc3)C(=S)N(c3ccccc3)C2=O)cc(I)c1OCc1ccccc1Br. The lowest BCUT2D eigenvalue weighted by molar-refractivity contribution is -0.120. The van der Waals surface area contributed by atoms with Gasteiger partial charge >= 0.3 is 0 Å². The molecule has 0 aliphatic carbocycles. The van der Waals surface area contributed by atoms with Crippen molar-refractivity contribution >= 4 is 85.1 Å². The van der Waals surface area contributed by atoms with Gasteiger partial charge in [0, 0.05) is 10.0 Å². The number of nitrogens with zero attached hydrogens (tertiary/aromatic N) is 2. The Labute approximate surface area is 259 Å². The Morgan fingerprint density at radius 2 is 1.40 bits per heavy atom. The molecule has 0 saturated carbocycles. The van der Waals surface area contributed by atoms with Crippen LogP contribution in [-0.2, 0) is 16.2 Å². The van der Waals surface area contributed by atoms with E-state index in [1.807, 2.05) is 66.7 Å². The van der Waals surface area contributed by atoms with Gasteiger partial charge in [-0.15, -0.1) is 0 Å². The number of halogens is 2. The molecule has 4 aromatic rings. The summed E-state index contributed by atoms with van der Waals surface area (Å²) in [4.78, 5) is 30.3. The highest BCUT2D eigenvalue weighted by molar-refractivity contribution is 14.1. The van der Waals surface area contributed by atoms with Crippen LogP contribution in [0.25, 0.3) is 6.08 Å². The normalized spacial score (nSPS) is 13.5. The summed E-state index contributed by atoms with van der Waals surface area (Å²) in [6.07, 6.45) is 1.57. The van der Waals surface area contributed by atoms with E-state index in [1.54, 1.807) is 43.5 Å². The van der Waals surface area contributed by atoms with Gasteiger partial charge in [0.1, 0.15) is 12.2 Å². The van der Waals surface area contributed by atoms with Crippen molar-refractivity contribution in [2.75, 3.05) is 16.9 Å². The van der Waals surface area contributed by atoms with Crippen LogP contribution in [0, 0.1) is 3.57 Å². The topological polar surface area (TPSA) is 59.1 Å². The maximum Gasteiger partial charge on any atom is 0.270 e. The highest BCUT2D eigenvalue weighted by Crippen LogP contribution is 2.37. The van der Waals surface area contributed by atoms with Crippen LogP contribution in [0.5, 0.6) is 11.5 Å². The average molecular weight is 725 g/mol. The summed E-state index contributed by atoms with van der Waals surface area (Å²) in [5, 5.41) is 0.0903. The Kier molecular flexibility index (Phi) is 8.63. The second kappa shape index (κ2) is 12.3. The number of hydrogen-bond acceptors (Lipinski definition) is 5. The number of anilines is 2.